The summed E-state index contributed by atoms with van der Waals surface area (Å²) < 4.78 is 59.5. The molecule has 1 aliphatic heterocycles. The van der Waals surface area contributed by atoms with E-state index in [1.807, 2.05) is 27.7 Å². The van der Waals surface area contributed by atoms with Crippen molar-refractivity contribution in [3.63, 3.8) is 0 Å². The molecule has 3 aromatic rings. The van der Waals surface area contributed by atoms with Gasteiger partial charge in [-0.15, -0.1) is 0 Å². The number of amides is 1. The first-order chi connectivity index (χ1) is 16.3. The Hall–Kier alpha value is -2.89. The number of carbonyl (C=O) groups is 1. The van der Waals surface area contributed by atoms with E-state index in [4.69, 9.17) is 13.7 Å². The zero-order chi connectivity index (χ0) is 25.8. The number of carbonyl (C=O) groups excluding carboxylic acids is 1. The first-order valence-electron chi connectivity index (χ1n) is 11.2. The van der Waals surface area contributed by atoms with Crippen molar-refractivity contribution in [1.29, 1.82) is 0 Å². The lowest BCUT2D eigenvalue weighted by Gasteiger charge is -2.32. The molecule has 186 valence electrons. The molecule has 1 fully saturated rings. The number of hydrogen-bond acceptors (Lipinski definition) is 6. The molecule has 8 nitrogen and oxygen atoms in total. The maximum absolute atomic E-state index is 13.5. The summed E-state index contributed by atoms with van der Waals surface area (Å²) in [5.74, 6) is -0.749. The molecule has 0 bridgehead atoms. The zero-order valence-corrected chi connectivity index (χ0v) is 21.3. The molecule has 0 unspecified atom stereocenters. The number of nitrogens with one attached hydrogen (secondary N) is 2. The molecule has 0 aliphatic carbocycles. The van der Waals surface area contributed by atoms with Crippen molar-refractivity contribution in [3.8, 4) is 11.3 Å². The quantitative estimate of drug-likeness (QED) is 0.499. The Balaban J connectivity index is 1.98. The van der Waals surface area contributed by atoms with Crippen LogP contribution in [0.3, 0.4) is 0 Å². The number of halogens is 1. The minimum absolute atomic E-state index is 0.143. The van der Waals surface area contributed by atoms with Gasteiger partial charge in [0.1, 0.15) is 17.2 Å². The van der Waals surface area contributed by atoms with Crippen molar-refractivity contribution >= 4 is 45.2 Å². The molecule has 1 aromatic heterocycles. The van der Waals surface area contributed by atoms with E-state index >= 15 is 0 Å². The summed E-state index contributed by atoms with van der Waals surface area (Å²) in [6, 6.07) is 8.72. The number of furan rings is 1. The fraction of sp³-hybridized carbons (Fsp3) is 0.375. The first kappa shape index (κ1) is 25.2. The lowest BCUT2D eigenvalue weighted by molar-refractivity contribution is 0.00578. The molecule has 0 spiro atoms. The highest BCUT2D eigenvalue weighted by molar-refractivity contribution is 7.92. The van der Waals surface area contributed by atoms with Crippen LogP contribution in [0.15, 0.2) is 40.8 Å². The summed E-state index contributed by atoms with van der Waals surface area (Å²) in [6.45, 7) is 9.09. The zero-order valence-electron chi connectivity index (χ0n) is 20.5. The molecule has 1 aliphatic rings. The molecule has 2 heterocycles. The molecular formula is C24H28BFN2O6S. The third-order valence-corrected chi connectivity index (χ3v) is 7.86. The molecule has 0 saturated carbocycles. The highest BCUT2D eigenvalue weighted by atomic mass is 32.2. The summed E-state index contributed by atoms with van der Waals surface area (Å²) >= 11 is 0. The van der Waals surface area contributed by atoms with Gasteiger partial charge in [-0.2, -0.15) is 0 Å². The molecule has 0 radical (unpaired) electrons. The average molecular weight is 502 g/mol. The van der Waals surface area contributed by atoms with Crippen LogP contribution in [0.5, 0.6) is 0 Å². The number of anilines is 1. The monoisotopic (exact) mass is 502 g/mol. The Bertz CT molecular complexity index is 1380. The maximum atomic E-state index is 13.5. The molecule has 0 atom stereocenters. The van der Waals surface area contributed by atoms with Gasteiger partial charge in [-0.05, 0) is 65.0 Å². The summed E-state index contributed by atoms with van der Waals surface area (Å²) in [7, 11) is -3.06. The number of rotatable bonds is 6. The van der Waals surface area contributed by atoms with E-state index in [9.17, 15) is 17.6 Å². The average Bonchev–Trinajstić information content (AvgIpc) is 3.25. The van der Waals surface area contributed by atoms with E-state index in [2.05, 4.69) is 10.0 Å². The minimum Gasteiger partial charge on any atom is -0.455 e. The lowest BCUT2D eigenvalue weighted by atomic mass is 9.77. The molecule has 35 heavy (non-hydrogen) atoms. The summed E-state index contributed by atoms with van der Waals surface area (Å²) in [4.78, 5) is 12.9. The molecule has 4 rings (SSSR count). The van der Waals surface area contributed by atoms with Crippen molar-refractivity contribution in [3.05, 3.63) is 47.8 Å². The highest BCUT2D eigenvalue weighted by Crippen LogP contribution is 2.39. The van der Waals surface area contributed by atoms with Crippen LogP contribution in [0.2, 0.25) is 0 Å². The van der Waals surface area contributed by atoms with Gasteiger partial charge in [-0.3, -0.25) is 9.52 Å². The third-order valence-electron chi connectivity index (χ3n) is 6.57. The molecule has 2 N–H and O–H groups in total. The number of benzene rings is 2. The molecular weight excluding hydrogens is 474 g/mol. The maximum Gasteiger partial charge on any atom is 0.497 e. The van der Waals surface area contributed by atoms with E-state index in [0.29, 0.717) is 16.4 Å². The second-order valence-electron chi connectivity index (χ2n) is 9.42. The SMILES string of the molecule is CCS(=O)(=O)Nc1cc2oc(-c3ccc(F)cc3)c(C(=O)NC)c2cc1B1OC(C)(C)C(C)(C)O1. The van der Waals surface area contributed by atoms with E-state index in [1.165, 1.54) is 44.3 Å². The molecule has 2 aromatic carbocycles. The van der Waals surface area contributed by atoms with Gasteiger partial charge < -0.3 is 19.0 Å². The van der Waals surface area contributed by atoms with Gasteiger partial charge in [0.25, 0.3) is 5.91 Å². The van der Waals surface area contributed by atoms with Gasteiger partial charge in [0.2, 0.25) is 10.0 Å². The van der Waals surface area contributed by atoms with Crippen LogP contribution in [0, 0.1) is 5.82 Å². The fourth-order valence-corrected chi connectivity index (χ4v) is 4.46. The van der Waals surface area contributed by atoms with Gasteiger partial charge >= 0.3 is 7.12 Å². The van der Waals surface area contributed by atoms with Crippen LogP contribution >= 0.6 is 0 Å². The topological polar surface area (TPSA) is 107 Å². The van der Waals surface area contributed by atoms with Crippen molar-refractivity contribution in [1.82, 2.24) is 5.32 Å². The van der Waals surface area contributed by atoms with E-state index in [0.717, 1.165) is 0 Å². The van der Waals surface area contributed by atoms with E-state index in [1.54, 1.807) is 6.07 Å². The molecule has 1 amide bonds. The van der Waals surface area contributed by atoms with Crippen LogP contribution in [-0.2, 0) is 19.3 Å². The van der Waals surface area contributed by atoms with Crippen LogP contribution in [0.1, 0.15) is 45.0 Å². The van der Waals surface area contributed by atoms with Gasteiger partial charge in [0, 0.05) is 29.5 Å². The highest BCUT2D eigenvalue weighted by Gasteiger charge is 2.52. The van der Waals surface area contributed by atoms with Crippen molar-refractivity contribution in [2.24, 2.45) is 0 Å². The second-order valence-corrected chi connectivity index (χ2v) is 11.4. The Morgan fingerprint density at radius 2 is 1.66 bits per heavy atom. The van der Waals surface area contributed by atoms with E-state index < -0.39 is 40.1 Å². The minimum atomic E-state index is -3.66. The van der Waals surface area contributed by atoms with Gasteiger partial charge in [-0.25, -0.2) is 12.8 Å². The predicted molar refractivity (Wildman–Crippen MR) is 134 cm³/mol. The van der Waals surface area contributed by atoms with E-state index in [-0.39, 0.29) is 28.3 Å². The molecule has 1 saturated heterocycles. The Labute approximate surface area is 204 Å². The second kappa shape index (κ2) is 8.65. The number of hydrogen-bond donors (Lipinski definition) is 2. The van der Waals surface area contributed by atoms with Gasteiger partial charge in [0.05, 0.1) is 28.2 Å². The standard InChI is InChI=1S/C24H28BFN2O6S/c1-7-35(30,31)28-18-13-19-16(12-17(18)25-33-23(2,3)24(4,5)34-25)20(22(29)27-6)21(32-19)14-8-10-15(26)11-9-14/h8-13,28H,7H2,1-6H3,(H,27,29). The Morgan fingerprint density at radius 3 is 2.20 bits per heavy atom. The third kappa shape index (κ3) is 4.55. The fourth-order valence-electron chi connectivity index (χ4n) is 3.81. The number of sulfonamides is 1. The van der Waals surface area contributed by atoms with Crippen molar-refractivity contribution in [2.75, 3.05) is 17.5 Å². The summed E-state index contributed by atoms with van der Waals surface area (Å²) in [5, 5.41) is 3.05. The smallest absolute Gasteiger partial charge is 0.455 e. The largest absolute Gasteiger partial charge is 0.497 e. The molecule has 11 heteroatoms. The first-order valence-corrected chi connectivity index (χ1v) is 12.9. The predicted octanol–water partition coefficient (Wildman–Crippen LogP) is 3.66. The Kier molecular flexibility index (Phi) is 6.23. The van der Waals surface area contributed by atoms with Crippen LogP contribution in [0.4, 0.5) is 10.1 Å². The van der Waals surface area contributed by atoms with Crippen LogP contribution in [0.25, 0.3) is 22.3 Å². The summed E-state index contributed by atoms with van der Waals surface area (Å²) in [6.07, 6.45) is 0. The van der Waals surface area contributed by atoms with Crippen molar-refractivity contribution < 1.29 is 31.3 Å². The van der Waals surface area contributed by atoms with Gasteiger partial charge in [-0.1, -0.05) is 0 Å². The van der Waals surface area contributed by atoms with Crippen LogP contribution < -0.4 is 15.5 Å². The summed E-state index contributed by atoms with van der Waals surface area (Å²) in [5.41, 5.74) is 0.285. The Morgan fingerprint density at radius 1 is 1.06 bits per heavy atom. The van der Waals surface area contributed by atoms with Crippen LogP contribution in [-0.4, -0.2) is 45.4 Å². The van der Waals surface area contributed by atoms with Gasteiger partial charge in [0.15, 0.2) is 0 Å². The number of fused-ring (bicyclic) bond motifs is 1. The normalized spacial score (nSPS) is 17.1. The lowest BCUT2D eigenvalue weighted by Crippen LogP contribution is -2.41. The van der Waals surface area contributed by atoms with Crippen molar-refractivity contribution in [2.45, 2.75) is 45.8 Å².